The van der Waals surface area contributed by atoms with E-state index in [1.807, 2.05) is 12.1 Å². The fourth-order valence-corrected chi connectivity index (χ4v) is 4.28. The van der Waals surface area contributed by atoms with Crippen LogP contribution in [-0.4, -0.2) is 25.5 Å². The van der Waals surface area contributed by atoms with E-state index in [4.69, 9.17) is 4.74 Å². The van der Waals surface area contributed by atoms with Crippen LogP contribution in [0.2, 0.25) is 0 Å². The number of esters is 1. The zero-order valence-electron chi connectivity index (χ0n) is 15.6. The van der Waals surface area contributed by atoms with Crippen LogP contribution in [0.15, 0.2) is 36.4 Å². The van der Waals surface area contributed by atoms with Gasteiger partial charge < -0.3 is 15.4 Å². The summed E-state index contributed by atoms with van der Waals surface area (Å²) in [6.45, 7) is 0.770. The fourth-order valence-electron chi connectivity index (χ4n) is 4.28. The molecule has 1 heterocycles. The van der Waals surface area contributed by atoms with E-state index < -0.39 is 11.5 Å². The van der Waals surface area contributed by atoms with Gasteiger partial charge in [-0.15, -0.1) is 0 Å². The minimum absolute atomic E-state index is 0.0213. The lowest BCUT2D eigenvalue weighted by Crippen LogP contribution is -2.35. The van der Waals surface area contributed by atoms with E-state index in [0.29, 0.717) is 11.1 Å². The van der Waals surface area contributed by atoms with E-state index in [0.717, 1.165) is 49.0 Å². The summed E-state index contributed by atoms with van der Waals surface area (Å²) in [6, 6.07) is 9.97. The molecule has 144 valence electrons. The van der Waals surface area contributed by atoms with Crippen LogP contribution in [0.4, 0.5) is 10.1 Å². The van der Waals surface area contributed by atoms with E-state index in [2.05, 4.69) is 10.6 Å². The van der Waals surface area contributed by atoms with Crippen molar-refractivity contribution >= 4 is 17.6 Å². The lowest BCUT2D eigenvalue weighted by molar-refractivity contribution is 0.0600. The van der Waals surface area contributed by atoms with Crippen molar-refractivity contribution in [2.24, 2.45) is 0 Å². The molecule has 2 N–H and O–H groups in total. The molecule has 5 rings (SSSR count). The summed E-state index contributed by atoms with van der Waals surface area (Å²) in [5.74, 6) is -1.03. The molecule has 0 atom stereocenters. The van der Waals surface area contributed by atoms with Crippen molar-refractivity contribution in [3.05, 3.63) is 64.5 Å². The second-order valence-corrected chi connectivity index (χ2v) is 8.11. The Morgan fingerprint density at radius 3 is 2.43 bits per heavy atom. The maximum atomic E-state index is 14.2. The average molecular weight is 380 g/mol. The highest BCUT2D eigenvalue weighted by molar-refractivity contribution is 6.02. The lowest BCUT2D eigenvalue weighted by Gasteiger charge is -2.20. The maximum Gasteiger partial charge on any atom is 0.337 e. The fraction of sp³-hybridized carbons (Fsp3) is 0.364. The average Bonchev–Trinajstić information content (AvgIpc) is 3.61. The van der Waals surface area contributed by atoms with Crippen LogP contribution in [0, 0.1) is 5.82 Å². The molecule has 2 aromatic carbocycles. The molecule has 2 saturated carbocycles. The Hall–Kier alpha value is -2.89. The number of benzene rings is 2. The molecule has 1 amide bonds. The summed E-state index contributed by atoms with van der Waals surface area (Å²) < 4.78 is 19.0. The van der Waals surface area contributed by atoms with Gasteiger partial charge in [-0.05, 0) is 61.1 Å². The number of hydrogen-bond donors (Lipinski definition) is 2. The summed E-state index contributed by atoms with van der Waals surface area (Å²) in [4.78, 5) is 24.7. The van der Waals surface area contributed by atoms with Crippen LogP contribution < -0.4 is 10.6 Å². The lowest BCUT2D eigenvalue weighted by atomic mass is 9.95. The number of halogens is 1. The van der Waals surface area contributed by atoms with Crippen LogP contribution in [0.5, 0.6) is 0 Å². The third kappa shape index (κ3) is 2.58. The molecule has 6 heteroatoms. The number of amides is 1. The number of rotatable bonds is 4. The Morgan fingerprint density at radius 1 is 1.11 bits per heavy atom. The minimum Gasteiger partial charge on any atom is -0.465 e. The second kappa shape index (κ2) is 5.80. The zero-order valence-corrected chi connectivity index (χ0v) is 15.6. The van der Waals surface area contributed by atoms with Gasteiger partial charge in [0, 0.05) is 12.0 Å². The van der Waals surface area contributed by atoms with Gasteiger partial charge in [0.2, 0.25) is 0 Å². The molecule has 1 aliphatic heterocycles. The minimum atomic E-state index is -0.458. The summed E-state index contributed by atoms with van der Waals surface area (Å²) >= 11 is 0. The van der Waals surface area contributed by atoms with Crippen molar-refractivity contribution < 1.29 is 18.7 Å². The topological polar surface area (TPSA) is 67.4 Å². The number of hydrogen-bond acceptors (Lipinski definition) is 4. The Labute approximate surface area is 162 Å². The first kappa shape index (κ1) is 17.2. The van der Waals surface area contributed by atoms with E-state index in [-0.39, 0.29) is 17.1 Å². The van der Waals surface area contributed by atoms with E-state index in [1.54, 1.807) is 18.2 Å². The Kier molecular flexibility index (Phi) is 3.57. The van der Waals surface area contributed by atoms with Gasteiger partial charge in [0.1, 0.15) is 5.82 Å². The zero-order chi connectivity index (χ0) is 19.5. The van der Waals surface area contributed by atoms with Crippen LogP contribution in [0.1, 0.15) is 57.5 Å². The predicted molar refractivity (Wildman–Crippen MR) is 102 cm³/mol. The molecular formula is C22H21FN2O3. The molecule has 0 unspecified atom stereocenters. The number of carbonyl (C=O) groups excluding carboxylic acids is 2. The van der Waals surface area contributed by atoms with Crippen LogP contribution in [0.25, 0.3) is 0 Å². The van der Waals surface area contributed by atoms with Crippen molar-refractivity contribution in [1.82, 2.24) is 5.32 Å². The van der Waals surface area contributed by atoms with Gasteiger partial charge in [0.05, 0.1) is 29.5 Å². The number of carbonyl (C=O) groups is 2. The number of nitrogens with one attached hydrogen (secondary N) is 2. The highest BCUT2D eigenvalue weighted by Crippen LogP contribution is 2.55. The Morgan fingerprint density at radius 2 is 1.82 bits per heavy atom. The molecule has 0 aromatic heterocycles. The number of anilines is 1. The first-order valence-corrected chi connectivity index (χ1v) is 9.56. The van der Waals surface area contributed by atoms with Gasteiger partial charge in [-0.2, -0.15) is 0 Å². The normalized spacial score (nSPS) is 19.5. The van der Waals surface area contributed by atoms with Gasteiger partial charge in [0.15, 0.2) is 0 Å². The highest BCUT2D eigenvalue weighted by Gasteiger charge is 2.51. The molecule has 2 aromatic rings. The quantitative estimate of drug-likeness (QED) is 0.797. The van der Waals surface area contributed by atoms with Crippen LogP contribution in [0.3, 0.4) is 0 Å². The highest BCUT2D eigenvalue weighted by atomic mass is 19.1. The van der Waals surface area contributed by atoms with Gasteiger partial charge in [-0.3, -0.25) is 4.79 Å². The van der Waals surface area contributed by atoms with Crippen molar-refractivity contribution in [2.75, 3.05) is 19.0 Å². The molecule has 2 fully saturated rings. The molecule has 1 spiro atoms. The standard InChI is InChI=1S/C22H21FN2O3/c1-28-20(27)13-2-4-14(5-3-13)22(8-9-22)25-19(26)16-10-15(23)11-17-18(16)24-12-21(17)6-7-21/h2-5,10-11,24H,6-9,12H2,1H3,(H,25,26). The van der Waals surface area contributed by atoms with Gasteiger partial charge >= 0.3 is 5.97 Å². The molecular weight excluding hydrogens is 359 g/mol. The molecule has 28 heavy (non-hydrogen) atoms. The van der Waals surface area contributed by atoms with Crippen LogP contribution in [-0.2, 0) is 15.7 Å². The first-order valence-electron chi connectivity index (χ1n) is 9.56. The molecule has 0 bridgehead atoms. The SMILES string of the molecule is COC(=O)c1ccc(C2(NC(=O)c3cc(F)cc4c3NCC43CC3)CC2)cc1. The van der Waals surface area contributed by atoms with Crippen molar-refractivity contribution in [2.45, 2.75) is 36.6 Å². The molecule has 3 aliphatic rings. The maximum absolute atomic E-state index is 14.2. The van der Waals surface area contributed by atoms with E-state index in [1.165, 1.54) is 13.2 Å². The first-order chi connectivity index (χ1) is 13.5. The van der Waals surface area contributed by atoms with Gasteiger partial charge in [-0.1, -0.05) is 12.1 Å². The van der Waals surface area contributed by atoms with Crippen molar-refractivity contribution in [3.63, 3.8) is 0 Å². The summed E-state index contributed by atoms with van der Waals surface area (Å²) in [6.07, 6.45) is 3.69. The smallest absolute Gasteiger partial charge is 0.337 e. The van der Waals surface area contributed by atoms with Crippen molar-refractivity contribution in [1.29, 1.82) is 0 Å². The molecule has 5 nitrogen and oxygen atoms in total. The second-order valence-electron chi connectivity index (χ2n) is 8.11. The van der Waals surface area contributed by atoms with E-state index in [9.17, 15) is 14.0 Å². The number of ether oxygens (including phenoxy) is 1. The summed E-state index contributed by atoms with van der Waals surface area (Å²) in [7, 11) is 1.34. The summed E-state index contributed by atoms with van der Waals surface area (Å²) in [5.41, 5.74) is 3.05. The van der Waals surface area contributed by atoms with Gasteiger partial charge in [0.25, 0.3) is 5.91 Å². The Bertz CT molecular complexity index is 992. The third-order valence-electron chi connectivity index (χ3n) is 6.34. The third-order valence-corrected chi connectivity index (χ3v) is 6.34. The van der Waals surface area contributed by atoms with Gasteiger partial charge in [-0.25, -0.2) is 9.18 Å². The monoisotopic (exact) mass is 380 g/mol. The summed E-state index contributed by atoms with van der Waals surface area (Å²) in [5, 5.41) is 6.43. The predicted octanol–water partition coefficient (Wildman–Crippen LogP) is 3.49. The molecule has 2 aliphatic carbocycles. The van der Waals surface area contributed by atoms with Crippen LogP contribution >= 0.6 is 0 Å². The Balaban J connectivity index is 1.41. The van der Waals surface area contributed by atoms with E-state index >= 15 is 0 Å². The van der Waals surface area contributed by atoms with Crippen molar-refractivity contribution in [3.8, 4) is 0 Å². The number of methoxy groups -OCH3 is 1. The molecule has 0 saturated heterocycles. The number of fused-ring (bicyclic) bond motifs is 2. The largest absolute Gasteiger partial charge is 0.465 e. The molecule has 0 radical (unpaired) electrons.